The Morgan fingerprint density at radius 1 is 0.310 bits per heavy atom. The minimum atomic E-state index is -0.427. The summed E-state index contributed by atoms with van der Waals surface area (Å²) in [7, 11) is 0. The minimum Gasteiger partial charge on any atom is -0.308 e. The highest BCUT2D eigenvalue weighted by atomic mass is 15.0. The number of hydrogen-bond acceptors (Lipinski definition) is 0. The van der Waals surface area contributed by atoms with Crippen LogP contribution in [0.3, 0.4) is 0 Å². The molecule has 0 fully saturated rings. The van der Waals surface area contributed by atoms with Crippen molar-refractivity contribution in [2.45, 2.75) is 40.0 Å². The van der Waals surface area contributed by atoms with E-state index in [1.165, 1.54) is 133 Å². The summed E-state index contributed by atoms with van der Waals surface area (Å²) in [6.45, 7) is 10.8. The lowest BCUT2D eigenvalue weighted by Crippen LogP contribution is -2.26. The molecule has 71 heavy (non-hydrogen) atoms. The molecule has 0 saturated heterocycles. The van der Waals surface area contributed by atoms with Crippen LogP contribution in [-0.2, 0) is 5.41 Å². The summed E-state index contributed by atoms with van der Waals surface area (Å²) < 4.78 is 2.56. The molecule has 0 atom stereocenters. The molecule has 1 aromatic heterocycles. The molecule has 0 radical (unpaired) electrons. The number of rotatable bonds is 3. The number of benzene rings is 11. The Morgan fingerprint density at radius 3 is 1.54 bits per heavy atom. The van der Waals surface area contributed by atoms with E-state index in [0.29, 0.717) is 0 Å². The van der Waals surface area contributed by atoms with Gasteiger partial charge in [-0.25, -0.2) is 0 Å². The quantitative estimate of drug-likeness (QED) is 0.166. The van der Waals surface area contributed by atoms with Gasteiger partial charge in [-0.3, -0.25) is 0 Å². The van der Waals surface area contributed by atoms with Crippen LogP contribution in [0.2, 0.25) is 0 Å². The average molecular weight is 910 g/mol. The highest BCUT2D eigenvalue weighted by molar-refractivity contribution is 6.16. The third-order valence-electron chi connectivity index (χ3n) is 15.2. The normalized spacial score (nSPS) is 12.4. The Labute approximate surface area is 418 Å². The van der Waals surface area contributed by atoms with Crippen molar-refractivity contribution in [2.75, 3.05) is 0 Å². The number of nitrogens with zero attached hydrogens (tertiary/aromatic N) is 1. The van der Waals surface area contributed by atoms with Gasteiger partial charge in [0.25, 0.3) is 0 Å². The summed E-state index contributed by atoms with van der Waals surface area (Å²) in [6, 6.07) is 88.8. The standard InChI is InChI=1S/C48H31N.C15H16.C7H8/c1-30-26-27-39-42(28-30)48(40-23-10-7-16-33(40)34-17-8-11-24-41(34)48)43-29-45(35-18-5-6-20-37(35)46(39)43)49-44-25-12-9-19-36(44)38-22-13-21-32(47(38)49)31-14-3-2-4-15-31;1-11-8-6-10-15(13(11)3)14-9-5-4-7-12(14)2;1-7-5-3-2-4-6-7/h2-29H,1H3;4-10H,1-3H3;2-6H,1H3. The molecule has 1 spiro atoms. The Kier molecular flexibility index (Phi) is 11.0. The molecule has 1 heteroatoms. The predicted octanol–water partition coefficient (Wildman–Crippen LogP) is 18.5. The van der Waals surface area contributed by atoms with Gasteiger partial charge in [-0.2, -0.15) is 0 Å². The zero-order valence-electron chi connectivity index (χ0n) is 41.0. The van der Waals surface area contributed by atoms with Crippen LogP contribution in [0, 0.1) is 34.6 Å². The van der Waals surface area contributed by atoms with Gasteiger partial charge < -0.3 is 4.57 Å². The zero-order valence-corrected chi connectivity index (χ0v) is 41.0. The van der Waals surface area contributed by atoms with Crippen molar-refractivity contribution in [1.82, 2.24) is 4.57 Å². The van der Waals surface area contributed by atoms with E-state index in [2.05, 4.69) is 264 Å². The van der Waals surface area contributed by atoms with E-state index in [1.807, 2.05) is 18.2 Å². The molecular weight excluding hydrogens is 855 g/mol. The van der Waals surface area contributed by atoms with Crippen molar-refractivity contribution in [3.63, 3.8) is 0 Å². The summed E-state index contributed by atoms with van der Waals surface area (Å²) in [5.74, 6) is 0. The van der Waals surface area contributed by atoms with Crippen LogP contribution in [0.4, 0.5) is 0 Å². The maximum absolute atomic E-state index is 2.56. The number of para-hydroxylation sites is 2. The fourth-order valence-corrected chi connectivity index (χ4v) is 11.8. The molecule has 340 valence electrons. The predicted molar refractivity (Wildman–Crippen MR) is 302 cm³/mol. The largest absolute Gasteiger partial charge is 0.308 e. The first-order valence-corrected chi connectivity index (χ1v) is 24.9. The number of fused-ring (bicyclic) bond motifs is 15. The summed E-state index contributed by atoms with van der Waals surface area (Å²) in [4.78, 5) is 0. The Balaban J connectivity index is 0.000000194. The fraction of sp³-hybridized carbons (Fsp3) is 0.0857. The van der Waals surface area contributed by atoms with Crippen LogP contribution >= 0.6 is 0 Å². The van der Waals surface area contributed by atoms with E-state index in [1.54, 1.807) is 0 Å². The second-order valence-electron chi connectivity index (χ2n) is 19.4. The van der Waals surface area contributed by atoms with Crippen LogP contribution < -0.4 is 0 Å². The molecular formula is C70H55N. The SMILES string of the molecule is Cc1ccc2c(c1)C1(c3ccccc3-c3ccccc31)c1cc(-n3c4ccccc4c4cccc(-c5ccccc5)c43)c3ccccc3c1-2.Cc1ccccc1.Cc1ccccc1-c1cccc(C)c1C. The molecule has 0 aliphatic heterocycles. The van der Waals surface area contributed by atoms with Gasteiger partial charge in [0, 0.05) is 21.7 Å². The number of hydrogen-bond donors (Lipinski definition) is 0. The monoisotopic (exact) mass is 909 g/mol. The van der Waals surface area contributed by atoms with E-state index in [-0.39, 0.29) is 0 Å². The van der Waals surface area contributed by atoms with Gasteiger partial charge in [0.15, 0.2) is 0 Å². The van der Waals surface area contributed by atoms with E-state index >= 15 is 0 Å². The average Bonchev–Trinajstić information content (AvgIpc) is 4.03. The topological polar surface area (TPSA) is 4.93 Å². The van der Waals surface area contributed by atoms with Crippen LogP contribution in [0.15, 0.2) is 243 Å². The lowest BCUT2D eigenvalue weighted by atomic mass is 9.70. The maximum Gasteiger partial charge on any atom is 0.0726 e. The molecule has 11 aromatic carbocycles. The van der Waals surface area contributed by atoms with Crippen LogP contribution in [0.1, 0.15) is 50.1 Å². The third-order valence-corrected chi connectivity index (χ3v) is 15.2. The maximum atomic E-state index is 2.56. The van der Waals surface area contributed by atoms with Crippen LogP contribution in [0.5, 0.6) is 0 Å². The zero-order chi connectivity index (χ0) is 48.2. The molecule has 14 rings (SSSR count). The second kappa shape index (κ2) is 17.8. The molecule has 1 heterocycles. The second-order valence-corrected chi connectivity index (χ2v) is 19.4. The van der Waals surface area contributed by atoms with Crippen LogP contribution in [0.25, 0.3) is 82.8 Å². The van der Waals surface area contributed by atoms with Crippen molar-refractivity contribution < 1.29 is 0 Å². The summed E-state index contributed by atoms with van der Waals surface area (Å²) in [6.07, 6.45) is 0. The van der Waals surface area contributed by atoms with E-state index in [9.17, 15) is 0 Å². The first-order valence-electron chi connectivity index (χ1n) is 24.9. The van der Waals surface area contributed by atoms with E-state index in [4.69, 9.17) is 0 Å². The van der Waals surface area contributed by atoms with Gasteiger partial charge in [-0.05, 0) is 130 Å². The summed E-state index contributed by atoms with van der Waals surface area (Å²) >= 11 is 0. The lowest BCUT2D eigenvalue weighted by molar-refractivity contribution is 0.792. The third kappa shape index (κ3) is 7.06. The molecule has 2 aliphatic rings. The van der Waals surface area contributed by atoms with E-state index < -0.39 is 5.41 Å². The van der Waals surface area contributed by atoms with Gasteiger partial charge >= 0.3 is 0 Å². The Hall–Kier alpha value is -8.52. The first kappa shape index (κ1) is 43.7. The fourth-order valence-electron chi connectivity index (χ4n) is 11.8. The van der Waals surface area contributed by atoms with Crippen LogP contribution in [-0.4, -0.2) is 4.57 Å². The Morgan fingerprint density at radius 2 is 0.845 bits per heavy atom. The number of aryl methyl sites for hydroxylation is 4. The molecule has 0 unspecified atom stereocenters. The van der Waals surface area contributed by atoms with Gasteiger partial charge in [-0.1, -0.05) is 242 Å². The molecule has 2 aliphatic carbocycles. The Bertz CT molecular complexity index is 3940. The number of aromatic nitrogens is 1. The van der Waals surface area contributed by atoms with Crippen molar-refractivity contribution in [3.8, 4) is 50.2 Å². The minimum absolute atomic E-state index is 0.427. The van der Waals surface area contributed by atoms with Gasteiger partial charge in [0.2, 0.25) is 0 Å². The van der Waals surface area contributed by atoms with Crippen molar-refractivity contribution in [3.05, 3.63) is 293 Å². The smallest absolute Gasteiger partial charge is 0.0726 e. The lowest BCUT2D eigenvalue weighted by Gasteiger charge is -2.31. The molecule has 1 nitrogen and oxygen atoms in total. The van der Waals surface area contributed by atoms with Crippen molar-refractivity contribution in [1.29, 1.82) is 0 Å². The first-order chi connectivity index (χ1) is 34.8. The molecule has 12 aromatic rings. The molecule has 0 N–H and O–H groups in total. The van der Waals surface area contributed by atoms with Gasteiger partial charge in [-0.15, -0.1) is 0 Å². The molecule has 0 bridgehead atoms. The molecule has 0 saturated carbocycles. The summed E-state index contributed by atoms with van der Waals surface area (Å²) in [5, 5.41) is 5.09. The highest BCUT2D eigenvalue weighted by Gasteiger charge is 2.52. The molecule has 0 amide bonds. The van der Waals surface area contributed by atoms with Crippen molar-refractivity contribution >= 4 is 32.6 Å². The van der Waals surface area contributed by atoms with Crippen molar-refractivity contribution in [2.24, 2.45) is 0 Å². The summed E-state index contributed by atoms with van der Waals surface area (Å²) in [5.41, 5.74) is 25.9. The van der Waals surface area contributed by atoms with Gasteiger partial charge in [0.1, 0.15) is 0 Å². The van der Waals surface area contributed by atoms with Gasteiger partial charge in [0.05, 0.1) is 22.1 Å². The highest BCUT2D eigenvalue weighted by Crippen LogP contribution is 2.64. The van der Waals surface area contributed by atoms with E-state index in [0.717, 1.165) is 0 Å².